The lowest BCUT2D eigenvalue weighted by molar-refractivity contribution is -0.140. The standard InChI is InChI=1S/C49H76N8O7/c1-4-5-6-7-8-9-10-13-26-54-27-21-46(60)55-38(15-11-12-22-50)34-47(61)57(3)48-37-18-20-45(64-29-25-53)40(33-37)39-31-36(17-19-44(39)63-28-24-52)32-41(42(58)16-14-23-51)56-49(62)35(2)30-43(48)59/h17-20,31,33,35,38,41,48,54H,4-16,21-22,24-30,32,34,50,52-53H2,1-3H3,(H,55,60)(H,56,62)/t35-,38+,41+,48+/m1/s1. The van der Waals surface area contributed by atoms with Crippen LogP contribution >= 0.6 is 0 Å². The quantitative estimate of drug-likeness (QED) is 0.0581. The number of ether oxygens (including phenoxy) is 2. The van der Waals surface area contributed by atoms with Gasteiger partial charge >= 0.3 is 0 Å². The molecular weight excluding hydrogens is 813 g/mol. The molecule has 0 saturated carbocycles. The molecule has 3 amide bonds. The minimum absolute atomic E-state index is 0.0127. The largest absolute Gasteiger partial charge is 0.492 e. The van der Waals surface area contributed by atoms with E-state index in [0.717, 1.165) is 25.8 Å². The molecule has 0 spiro atoms. The summed E-state index contributed by atoms with van der Waals surface area (Å²) >= 11 is 0. The number of carbonyl (C=O) groups excluding carboxylic acids is 5. The van der Waals surface area contributed by atoms with Gasteiger partial charge in [-0.15, -0.1) is 0 Å². The maximum atomic E-state index is 14.6. The second-order valence-corrected chi connectivity index (χ2v) is 17.0. The molecule has 0 aliphatic carbocycles. The van der Waals surface area contributed by atoms with Crippen LogP contribution < -0.4 is 42.6 Å². The third-order valence-corrected chi connectivity index (χ3v) is 11.6. The van der Waals surface area contributed by atoms with E-state index in [2.05, 4.69) is 22.9 Å². The van der Waals surface area contributed by atoms with Gasteiger partial charge in [-0.25, -0.2) is 0 Å². The van der Waals surface area contributed by atoms with Gasteiger partial charge in [0.05, 0.1) is 12.1 Å². The van der Waals surface area contributed by atoms with Crippen molar-refractivity contribution in [1.82, 2.24) is 20.9 Å². The summed E-state index contributed by atoms with van der Waals surface area (Å²) in [4.78, 5) is 70.8. The Bertz CT molecular complexity index is 1820. The van der Waals surface area contributed by atoms with Gasteiger partial charge in [0, 0.05) is 81.9 Å². The van der Waals surface area contributed by atoms with Gasteiger partial charge in [-0.3, -0.25) is 24.0 Å². The Morgan fingerprint density at radius 2 is 1.50 bits per heavy atom. The molecule has 2 aromatic carbocycles. The van der Waals surface area contributed by atoms with Crippen molar-refractivity contribution in [3.05, 3.63) is 47.5 Å². The van der Waals surface area contributed by atoms with Crippen LogP contribution in [0.3, 0.4) is 0 Å². The van der Waals surface area contributed by atoms with E-state index < -0.39 is 35.7 Å². The molecule has 0 fully saturated rings. The number of nitrogens with two attached hydrogens (primary N) is 3. The molecule has 15 nitrogen and oxygen atoms in total. The molecule has 4 bridgehead atoms. The number of Topliss-reactive ketones (excluding diaryl/α,β-unsaturated/α-hetero) is 2. The zero-order valence-corrected chi connectivity index (χ0v) is 38.7. The molecule has 4 atom stereocenters. The first-order valence-corrected chi connectivity index (χ1v) is 23.6. The highest BCUT2D eigenvalue weighted by molar-refractivity contribution is 5.95. The van der Waals surface area contributed by atoms with Gasteiger partial charge in [-0.05, 0) is 74.2 Å². The van der Waals surface area contributed by atoms with Crippen LogP contribution in [0.1, 0.15) is 134 Å². The number of amides is 3. The van der Waals surface area contributed by atoms with Crippen molar-refractivity contribution in [3.8, 4) is 28.7 Å². The van der Waals surface area contributed by atoms with E-state index in [4.69, 9.17) is 26.7 Å². The van der Waals surface area contributed by atoms with E-state index in [1.165, 1.54) is 43.4 Å². The molecule has 2 aromatic rings. The number of ketones is 2. The molecule has 0 radical (unpaired) electrons. The zero-order chi connectivity index (χ0) is 46.7. The van der Waals surface area contributed by atoms with Gasteiger partial charge in [0.1, 0.15) is 30.8 Å². The lowest BCUT2D eigenvalue weighted by atomic mass is 9.89. The Morgan fingerprint density at radius 1 is 0.844 bits per heavy atom. The van der Waals surface area contributed by atoms with Crippen LogP contribution in [-0.4, -0.2) is 99.3 Å². The Morgan fingerprint density at radius 3 is 2.16 bits per heavy atom. The first-order valence-electron chi connectivity index (χ1n) is 23.6. The Balaban J connectivity index is 1.95. The van der Waals surface area contributed by atoms with Crippen molar-refractivity contribution in [2.75, 3.05) is 53.0 Å². The number of unbranched alkanes of at least 4 members (excludes halogenated alkanes) is 8. The van der Waals surface area contributed by atoms with Crippen molar-refractivity contribution in [2.24, 2.45) is 23.1 Å². The molecule has 1 aliphatic rings. The second-order valence-electron chi connectivity index (χ2n) is 17.0. The monoisotopic (exact) mass is 889 g/mol. The maximum Gasteiger partial charge on any atom is 0.225 e. The fraction of sp³-hybridized carbons (Fsp3) is 0.633. The van der Waals surface area contributed by atoms with Crippen LogP contribution in [0.15, 0.2) is 36.4 Å². The van der Waals surface area contributed by atoms with E-state index in [1.54, 1.807) is 38.2 Å². The number of fused-ring (bicyclic) bond motifs is 5. The Labute approximate surface area is 381 Å². The number of nitriles is 1. The molecule has 354 valence electrons. The van der Waals surface area contributed by atoms with Crippen LogP contribution in [0.25, 0.3) is 11.1 Å². The molecule has 3 rings (SSSR count). The second kappa shape index (κ2) is 30.3. The number of nitrogens with one attached hydrogen (secondary N) is 3. The fourth-order valence-corrected chi connectivity index (χ4v) is 7.98. The lowest BCUT2D eigenvalue weighted by Crippen LogP contribution is -2.46. The third kappa shape index (κ3) is 18.3. The SMILES string of the molecule is CCCCCCCCCCNCCC(=O)N[C@@H](CCCCN)CC(=O)N(C)[C@@H]1C(=O)C[C@@H](C)C(=O)N[C@H](C(=O)CCC#N)Cc2ccc(OCCN)c(c2)-c2cc1ccc2OCCN. The van der Waals surface area contributed by atoms with Crippen molar-refractivity contribution >= 4 is 29.3 Å². The van der Waals surface area contributed by atoms with Gasteiger partial charge in [0.25, 0.3) is 0 Å². The van der Waals surface area contributed by atoms with Gasteiger partial charge in [-0.2, -0.15) is 5.26 Å². The number of hydrogen-bond acceptors (Lipinski definition) is 12. The van der Waals surface area contributed by atoms with Gasteiger partial charge in [0.2, 0.25) is 17.7 Å². The summed E-state index contributed by atoms with van der Waals surface area (Å²) in [6.07, 6.45) is 11.8. The van der Waals surface area contributed by atoms with Gasteiger partial charge < -0.3 is 47.5 Å². The molecule has 64 heavy (non-hydrogen) atoms. The summed E-state index contributed by atoms with van der Waals surface area (Å²) in [5, 5.41) is 18.5. The molecule has 0 unspecified atom stereocenters. The molecule has 15 heteroatoms. The summed E-state index contributed by atoms with van der Waals surface area (Å²) in [5.41, 5.74) is 19.8. The highest BCUT2D eigenvalue weighted by atomic mass is 16.5. The minimum Gasteiger partial charge on any atom is -0.492 e. The summed E-state index contributed by atoms with van der Waals surface area (Å²) in [6, 6.07) is 10.1. The van der Waals surface area contributed by atoms with E-state index in [0.29, 0.717) is 59.7 Å². The summed E-state index contributed by atoms with van der Waals surface area (Å²) in [6.45, 7) is 6.55. The van der Waals surface area contributed by atoms with Crippen molar-refractivity contribution < 1.29 is 33.4 Å². The van der Waals surface area contributed by atoms with E-state index >= 15 is 0 Å². The summed E-state index contributed by atoms with van der Waals surface area (Å²) in [7, 11) is 1.56. The zero-order valence-electron chi connectivity index (χ0n) is 38.7. The first-order chi connectivity index (χ1) is 31.0. The van der Waals surface area contributed by atoms with Crippen molar-refractivity contribution in [2.45, 2.75) is 141 Å². The molecule has 1 heterocycles. The predicted octanol–water partition coefficient (Wildman–Crippen LogP) is 5.16. The highest BCUT2D eigenvalue weighted by Gasteiger charge is 2.34. The van der Waals surface area contributed by atoms with E-state index in [1.807, 2.05) is 18.2 Å². The molecule has 9 N–H and O–H groups in total. The smallest absolute Gasteiger partial charge is 0.225 e. The average Bonchev–Trinajstić information content (AvgIpc) is 3.28. The predicted molar refractivity (Wildman–Crippen MR) is 250 cm³/mol. The number of likely N-dealkylation sites (N-methyl/N-ethyl adjacent to an activating group) is 1. The highest BCUT2D eigenvalue weighted by Crippen LogP contribution is 2.40. The van der Waals surface area contributed by atoms with Gasteiger partial charge in [-0.1, -0.05) is 77.3 Å². The van der Waals surface area contributed by atoms with Crippen molar-refractivity contribution in [3.63, 3.8) is 0 Å². The van der Waals surface area contributed by atoms with Crippen LogP contribution in [0.5, 0.6) is 11.5 Å². The molecule has 0 saturated heterocycles. The van der Waals surface area contributed by atoms with Crippen LogP contribution in [-0.2, 0) is 30.4 Å². The number of benzene rings is 2. The number of rotatable bonds is 29. The van der Waals surface area contributed by atoms with Crippen LogP contribution in [0.4, 0.5) is 0 Å². The number of hydrogen-bond donors (Lipinski definition) is 6. The average molecular weight is 889 g/mol. The summed E-state index contributed by atoms with van der Waals surface area (Å²) in [5.74, 6) is -1.70. The number of carbonyl (C=O) groups is 5. The molecule has 0 aromatic heterocycles. The third-order valence-electron chi connectivity index (χ3n) is 11.6. The fourth-order valence-electron chi connectivity index (χ4n) is 7.98. The number of nitrogens with zero attached hydrogens (tertiary/aromatic N) is 2. The topological polar surface area (TPSA) is 245 Å². The first kappa shape index (κ1) is 53.5. The Kier molecular flexibility index (Phi) is 25.3. The van der Waals surface area contributed by atoms with Gasteiger partial charge in [0.15, 0.2) is 11.6 Å². The molecule has 1 aliphatic heterocycles. The minimum atomic E-state index is -1.14. The normalized spacial score (nSPS) is 16.8. The molecular formula is C49H76N8O7. The van der Waals surface area contributed by atoms with E-state index in [-0.39, 0.29) is 82.4 Å². The lowest BCUT2D eigenvalue weighted by Gasteiger charge is -2.31. The maximum absolute atomic E-state index is 14.6. The van der Waals surface area contributed by atoms with Crippen LogP contribution in [0, 0.1) is 17.2 Å². The van der Waals surface area contributed by atoms with Crippen LogP contribution in [0.2, 0.25) is 0 Å². The summed E-state index contributed by atoms with van der Waals surface area (Å²) < 4.78 is 12.2. The Hall–Kier alpha value is -4.88. The van der Waals surface area contributed by atoms with E-state index in [9.17, 15) is 29.2 Å². The van der Waals surface area contributed by atoms with Crippen molar-refractivity contribution in [1.29, 1.82) is 5.26 Å².